The molecule has 1 nitrogen and oxygen atoms in total. The molecule has 2 heteroatoms. The van der Waals surface area contributed by atoms with Crippen LogP contribution in [-0.4, -0.2) is 5.11 Å². The molecule has 0 saturated heterocycles. The first-order valence-electron chi connectivity index (χ1n) is 7.90. The van der Waals surface area contributed by atoms with E-state index in [1.54, 1.807) is 0 Å². The molecule has 1 N–H and O–H groups in total. The third-order valence-electron chi connectivity index (χ3n) is 3.94. The van der Waals surface area contributed by atoms with Crippen molar-refractivity contribution < 1.29 is 5.11 Å². The van der Waals surface area contributed by atoms with Crippen molar-refractivity contribution in [1.29, 1.82) is 0 Å². The van der Waals surface area contributed by atoms with Gasteiger partial charge in [0.2, 0.25) is 0 Å². The van der Waals surface area contributed by atoms with Gasteiger partial charge >= 0.3 is 0 Å². The van der Waals surface area contributed by atoms with E-state index in [0.717, 1.165) is 10.9 Å². The molecule has 3 rings (SSSR count). The van der Waals surface area contributed by atoms with Gasteiger partial charge in [0.05, 0.1) is 0 Å². The van der Waals surface area contributed by atoms with Crippen molar-refractivity contribution in [2.24, 2.45) is 0 Å². The van der Waals surface area contributed by atoms with Crippen molar-refractivity contribution in [2.45, 2.75) is 19.8 Å². The first kappa shape index (κ1) is 15.8. The van der Waals surface area contributed by atoms with Crippen LogP contribution in [0.3, 0.4) is 0 Å². The van der Waals surface area contributed by atoms with E-state index in [2.05, 4.69) is 74.5 Å². The minimum atomic E-state index is -0.758. The molecule has 3 aromatic rings. The van der Waals surface area contributed by atoms with E-state index >= 15 is 0 Å². The van der Waals surface area contributed by atoms with Gasteiger partial charge in [-0.3, -0.25) is 0 Å². The highest BCUT2D eigenvalue weighted by molar-refractivity contribution is 7.80. The zero-order valence-corrected chi connectivity index (χ0v) is 14.4. The maximum atomic E-state index is 10.9. The fourth-order valence-electron chi connectivity index (χ4n) is 2.78. The SMILES string of the molecule is CC(C)c1cccc(P(c2ccccc2)c2ccccc2)c1O. The van der Waals surface area contributed by atoms with Crippen LogP contribution in [0.15, 0.2) is 78.9 Å². The van der Waals surface area contributed by atoms with Crippen LogP contribution in [0.4, 0.5) is 0 Å². The lowest BCUT2D eigenvalue weighted by atomic mass is 10.0. The molecule has 0 amide bonds. The number of benzene rings is 3. The van der Waals surface area contributed by atoms with Crippen LogP contribution in [0.1, 0.15) is 25.3 Å². The summed E-state index contributed by atoms with van der Waals surface area (Å²) in [6, 6.07) is 27.1. The molecule has 0 radical (unpaired) electrons. The molecule has 23 heavy (non-hydrogen) atoms. The fourth-order valence-corrected chi connectivity index (χ4v) is 5.15. The van der Waals surface area contributed by atoms with Crippen molar-refractivity contribution in [1.82, 2.24) is 0 Å². The van der Waals surface area contributed by atoms with Gasteiger partial charge in [0.1, 0.15) is 5.75 Å². The molecular weight excluding hydrogens is 299 g/mol. The predicted octanol–water partition coefficient (Wildman–Crippen LogP) is 4.27. The van der Waals surface area contributed by atoms with Crippen molar-refractivity contribution in [3.63, 3.8) is 0 Å². The van der Waals surface area contributed by atoms with Crippen molar-refractivity contribution in [3.05, 3.63) is 84.4 Å². The molecule has 0 fully saturated rings. The van der Waals surface area contributed by atoms with E-state index in [1.165, 1.54) is 10.6 Å². The Kier molecular flexibility index (Phi) is 4.79. The van der Waals surface area contributed by atoms with Gasteiger partial charge in [-0.2, -0.15) is 0 Å². The average Bonchev–Trinajstić information content (AvgIpc) is 2.58. The molecule has 0 spiro atoms. The van der Waals surface area contributed by atoms with E-state index in [1.807, 2.05) is 18.2 Å². The predicted molar refractivity (Wildman–Crippen MR) is 101 cm³/mol. The van der Waals surface area contributed by atoms with Gasteiger partial charge in [-0.1, -0.05) is 92.7 Å². The first-order valence-corrected chi connectivity index (χ1v) is 9.24. The van der Waals surface area contributed by atoms with Crippen LogP contribution in [0.25, 0.3) is 0 Å². The van der Waals surface area contributed by atoms with Gasteiger partial charge in [-0.25, -0.2) is 0 Å². The maximum absolute atomic E-state index is 10.9. The quantitative estimate of drug-likeness (QED) is 0.712. The molecule has 3 aromatic carbocycles. The summed E-state index contributed by atoms with van der Waals surface area (Å²) in [5, 5.41) is 14.4. The summed E-state index contributed by atoms with van der Waals surface area (Å²) in [5.74, 6) is 0.750. The van der Waals surface area contributed by atoms with Crippen LogP contribution in [0.5, 0.6) is 5.75 Å². The van der Waals surface area contributed by atoms with Crippen LogP contribution in [0, 0.1) is 0 Å². The van der Waals surface area contributed by atoms with E-state index in [9.17, 15) is 5.11 Å². The van der Waals surface area contributed by atoms with Gasteiger partial charge in [0.15, 0.2) is 0 Å². The Morgan fingerprint density at radius 1 is 0.696 bits per heavy atom. The zero-order valence-electron chi connectivity index (χ0n) is 13.5. The lowest BCUT2D eigenvalue weighted by Gasteiger charge is -2.22. The second-order valence-electron chi connectivity index (χ2n) is 5.88. The molecule has 0 heterocycles. The van der Waals surface area contributed by atoms with Gasteiger partial charge in [-0.15, -0.1) is 0 Å². The van der Waals surface area contributed by atoms with Crippen LogP contribution in [0.2, 0.25) is 0 Å². The van der Waals surface area contributed by atoms with Gasteiger partial charge in [0.25, 0.3) is 0 Å². The summed E-state index contributed by atoms with van der Waals surface area (Å²) in [6.07, 6.45) is 0. The van der Waals surface area contributed by atoms with E-state index in [4.69, 9.17) is 0 Å². The maximum Gasteiger partial charge on any atom is 0.127 e. The van der Waals surface area contributed by atoms with Crippen molar-refractivity contribution >= 4 is 23.8 Å². The van der Waals surface area contributed by atoms with E-state index < -0.39 is 7.92 Å². The summed E-state index contributed by atoms with van der Waals surface area (Å²) >= 11 is 0. The van der Waals surface area contributed by atoms with Crippen LogP contribution >= 0.6 is 7.92 Å². The molecule has 0 saturated carbocycles. The highest BCUT2D eigenvalue weighted by atomic mass is 31.1. The topological polar surface area (TPSA) is 20.2 Å². The second-order valence-corrected chi connectivity index (χ2v) is 8.06. The summed E-state index contributed by atoms with van der Waals surface area (Å²) < 4.78 is 0. The monoisotopic (exact) mass is 320 g/mol. The molecule has 116 valence electrons. The summed E-state index contributed by atoms with van der Waals surface area (Å²) in [4.78, 5) is 0. The molecular formula is C21H21OP. The lowest BCUT2D eigenvalue weighted by Crippen LogP contribution is -2.21. The Morgan fingerprint density at radius 2 is 1.22 bits per heavy atom. The van der Waals surface area contributed by atoms with Crippen LogP contribution < -0.4 is 15.9 Å². The zero-order chi connectivity index (χ0) is 16.2. The number of aromatic hydroxyl groups is 1. The smallest absolute Gasteiger partial charge is 0.127 e. The Balaban J connectivity index is 2.20. The number of phenols is 1. The standard InChI is InChI=1S/C21H21OP/c1-16(2)19-14-9-15-20(21(19)22)23(17-10-5-3-6-11-17)18-12-7-4-8-13-18/h3-16,22H,1-2H3. The lowest BCUT2D eigenvalue weighted by molar-refractivity contribution is 0.469. The van der Waals surface area contributed by atoms with Gasteiger partial charge < -0.3 is 5.11 Å². The van der Waals surface area contributed by atoms with E-state index in [0.29, 0.717) is 11.7 Å². The van der Waals surface area contributed by atoms with Crippen molar-refractivity contribution in [2.75, 3.05) is 0 Å². The number of hydrogen-bond donors (Lipinski definition) is 1. The summed E-state index contributed by atoms with van der Waals surface area (Å²) in [5.41, 5.74) is 1.02. The third kappa shape index (κ3) is 3.30. The van der Waals surface area contributed by atoms with Gasteiger partial charge in [-0.05, 0) is 30.0 Å². The second kappa shape index (κ2) is 6.98. The molecule has 0 bridgehead atoms. The normalized spacial score (nSPS) is 11.1. The number of para-hydroxylation sites is 1. The minimum absolute atomic E-state index is 0.304. The van der Waals surface area contributed by atoms with E-state index in [-0.39, 0.29) is 0 Å². The molecule has 0 aliphatic carbocycles. The summed E-state index contributed by atoms with van der Waals surface area (Å²) in [7, 11) is -0.758. The largest absolute Gasteiger partial charge is 0.507 e. The average molecular weight is 320 g/mol. The Morgan fingerprint density at radius 3 is 1.70 bits per heavy atom. The van der Waals surface area contributed by atoms with Gasteiger partial charge in [0, 0.05) is 5.30 Å². The highest BCUT2D eigenvalue weighted by Gasteiger charge is 2.21. The molecule has 0 aliphatic rings. The Bertz CT molecular complexity index is 727. The molecule has 0 unspecified atom stereocenters. The summed E-state index contributed by atoms with van der Waals surface area (Å²) in [6.45, 7) is 4.23. The van der Waals surface area contributed by atoms with Crippen molar-refractivity contribution in [3.8, 4) is 5.75 Å². The first-order chi connectivity index (χ1) is 11.2. The molecule has 0 aliphatic heterocycles. The number of phenolic OH excluding ortho intramolecular Hbond substituents is 1. The Labute approximate surface area is 139 Å². The molecule has 0 atom stereocenters. The number of rotatable bonds is 4. The highest BCUT2D eigenvalue weighted by Crippen LogP contribution is 2.38. The number of hydrogen-bond acceptors (Lipinski definition) is 1. The molecule has 0 aromatic heterocycles. The Hall–Kier alpha value is -2.11. The fraction of sp³-hybridized carbons (Fsp3) is 0.143. The minimum Gasteiger partial charge on any atom is -0.507 e. The van der Waals surface area contributed by atoms with Crippen LogP contribution in [-0.2, 0) is 0 Å². The third-order valence-corrected chi connectivity index (χ3v) is 6.41.